The molecule has 0 amide bonds. The molecule has 3 aliphatic rings. The fraction of sp³-hybridized carbons (Fsp3) is 0.355. The zero-order valence-electron chi connectivity index (χ0n) is 22.3. The number of allylic oxidation sites excluding steroid dienone is 1. The number of piperidine rings is 1. The second kappa shape index (κ2) is 10.4. The van der Waals surface area contributed by atoms with Crippen molar-refractivity contribution < 1.29 is 4.74 Å². The van der Waals surface area contributed by atoms with Crippen LogP contribution in [0.15, 0.2) is 76.8 Å². The van der Waals surface area contributed by atoms with E-state index in [1.54, 1.807) is 5.57 Å². The molecule has 1 saturated carbocycles. The molecule has 0 radical (unpaired) electrons. The zero-order valence-corrected chi connectivity index (χ0v) is 23.1. The van der Waals surface area contributed by atoms with E-state index >= 15 is 0 Å². The monoisotopic (exact) mass is 527 g/mol. The summed E-state index contributed by atoms with van der Waals surface area (Å²) >= 11 is 0. The van der Waals surface area contributed by atoms with Crippen LogP contribution in [-0.2, 0) is 0 Å². The highest BCUT2D eigenvalue weighted by molar-refractivity contribution is 8.32. The summed E-state index contributed by atoms with van der Waals surface area (Å²) in [6.45, 7) is 2.75. The topological polar surface area (TPSA) is 75.8 Å². The van der Waals surface area contributed by atoms with Crippen LogP contribution >= 0.6 is 10.4 Å². The molecule has 38 heavy (non-hydrogen) atoms. The molecule has 7 heteroatoms. The molecule has 0 unspecified atom stereocenters. The number of anilines is 1. The van der Waals surface area contributed by atoms with Crippen molar-refractivity contribution in [3.63, 3.8) is 0 Å². The maximum Gasteiger partial charge on any atom is 0.144 e. The molecule has 3 N–H and O–H groups in total. The van der Waals surface area contributed by atoms with E-state index in [1.807, 2.05) is 18.3 Å². The number of rotatable bonds is 6. The number of hydrogen-bond donors (Lipinski definition) is 2. The van der Waals surface area contributed by atoms with Crippen LogP contribution in [-0.4, -0.2) is 47.9 Å². The van der Waals surface area contributed by atoms with Crippen LogP contribution in [0.1, 0.15) is 43.2 Å². The summed E-state index contributed by atoms with van der Waals surface area (Å²) in [7, 11) is -1.33. The lowest BCUT2D eigenvalue weighted by Gasteiger charge is -2.39. The molecule has 2 aromatic carbocycles. The smallest absolute Gasteiger partial charge is 0.144 e. The molecule has 0 spiro atoms. The van der Waals surface area contributed by atoms with Crippen LogP contribution in [0.3, 0.4) is 0 Å². The van der Waals surface area contributed by atoms with Crippen LogP contribution in [0, 0.1) is 5.92 Å². The van der Waals surface area contributed by atoms with Crippen molar-refractivity contribution >= 4 is 27.6 Å². The second-order valence-corrected chi connectivity index (χ2v) is 13.8. The van der Waals surface area contributed by atoms with Gasteiger partial charge >= 0.3 is 0 Å². The maximum absolute atomic E-state index is 6.45. The third-order valence-corrected chi connectivity index (χ3v) is 9.05. The predicted molar refractivity (Wildman–Crippen MR) is 160 cm³/mol. The zero-order chi connectivity index (χ0) is 26.1. The van der Waals surface area contributed by atoms with Crippen molar-refractivity contribution in [3.8, 4) is 17.0 Å². The summed E-state index contributed by atoms with van der Waals surface area (Å²) in [5.74, 6) is 1.84. The molecule has 1 aliphatic carbocycles. The van der Waals surface area contributed by atoms with Gasteiger partial charge in [-0.3, -0.25) is 4.98 Å². The van der Waals surface area contributed by atoms with Gasteiger partial charge in [0.15, 0.2) is 0 Å². The summed E-state index contributed by atoms with van der Waals surface area (Å²) in [6.07, 6.45) is 12.2. The van der Waals surface area contributed by atoms with E-state index < -0.39 is 10.4 Å². The highest BCUT2D eigenvalue weighted by Crippen LogP contribution is 2.47. The number of aromatic nitrogens is 1. The summed E-state index contributed by atoms with van der Waals surface area (Å²) in [6, 6.07) is 21.0. The standard InChI is InChI=1S/C31H37N5OS/c1-38(2)34-26-14-7-15-28(29(26)31(32)35-38)37-21-22-9-8-18-36(20-22)30(24-12-6-13-24)25-16-17-33-27(19-25)23-10-4-3-5-11-23/h3-5,7,10-11,14-17,19,22,34H,6,8-9,12-13,18,20-21H2,1-2H3,(H2,32,35)/t22-/m0/s1. The average Bonchev–Trinajstić information content (AvgIpc) is 2.89. The first-order valence-electron chi connectivity index (χ1n) is 13.6. The minimum absolute atomic E-state index is 0.447. The lowest BCUT2D eigenvalue weighted by molar-refractivity contribution is 0.168. The van der Waals surface area contributed by atoms with E-state index in [0.29, 0.717) is 18.4 Å². The molecular formula is C31H37N5OS. The number of hydrogen-bond acceptors (Lipinski definition) is 6. The van der Waals surface area contributed by atoms with Gasteiger partial charge in [-0.25, -0.2) is 4.40 Å². The molecule has 2 aliphatic heterocycles. The Balaban J connectivity index is 1.21. The van der Waals surface area contributed by atoms with Crippen LogP contribution in [0.4, 0.5) is 5.69 Å². The maximum atomic E-state index is 6.45. The van der Waals surface area contributed by atoms with Gasteiger partial charge in [0.25, 0.3) is 0 Å². The van der Waals surface area contributed by atoms with Crippen molar-refractivity contribution in [1.82, 2.24) is 9.88 Å². The van der Waals surface area contributed by atoms with Crippen LogP contribution in [0.25, 0.3) is 17.0 Å². The lowest BCUT2D eigenvalue weighted by Crippen LogP contribution is -2.37. The van der Waals surface area contributed by atoms with E-state index in [0.717, 1.165) is 47.8 Å². The van der Waals surface area contributed by atoms with E-state index in [2.05, 4.69) is 75.6 Å². The van der Waals surface area contributed by atoms with Crippen molar-refractivity contribution in [2.75, 3.05) is 36.9 Å². The minimum atomic E-state index is -1.33. The number of amidine groups is 1. The largest absolute Gasteiger partial charge is 0.492 e. The van der Waals surface area contributed by atoms with Gasteiger partial charge in [-0.2, -0.15) is 0 Å². The molecule has 6 nitrogen and oxygen atoms in total. The van der Waals surface area contributed by atoms with Gasteiger partial charge in [0.2, 0.25) is 0 Å². The third-order valence-electron chi connectivity index (χ3n) is 7.67. The normalized spacial score (nSPS) is 20.9. The van der Waals surface area contributed by atoms with Gasteiger partial charge in [0.05, 0.1) is 23.6 Å². The molecule has 1 aromatic heterocycles. The SMILES string of the molecule is CS1(C)N=C(N)c2c(cccc2OC[C@H]2CCCN(C(=C3CCC3)c3ccnc(-c4ccccc4)c3)C2)N1. The summed E-state index contributed by atoms with van der Waals surface area (Å²) < 4.78 is 14.7. The summed E-state index contributed by atoms with van der Waals surface area (Å²) in [4.78, 5) is 7.29. The molecular weight excluding hydrogens is 490 g/mol. The van der Waals surface area contributed by atoms with Crippen LogP contribution in [0.2, 0.25) is 0 Å². The molecule has 3 heterocycles. The Bertz CT molecular complexity index is 1380. The van der Waals surface area contributed by atoms with Gasteiger partial charge in [0, 0.05) is 54.5 Å². The first-order chi connectivity index (χ1) is 18.5. The average molecular weight is 528 g/mol. The predicted octanol–water partition coefficient (Wildman–Crippen LogP) is 6.46. The van der Waals surface area contributed by atoms with E-state index in [-0.39, 0.29) is 0 Å². The first kappa shape index (κ1) is 24.9. The highest BCUT2D eigenvalue weighted by Gasteiger charge is 2.28. The van der Waals surface area contributed by atoms with Crippen molar-refractivity contribution in [2.24, 2.45) is 16.0 Å². The number of nitrogens with one attached hydrogen (secondary N) is 1. The number of benzene rings is 2. The Morgan fingerprint density at radius 3 is 2.71 bits per heavy atom. The summed E-state index contributed by atoms with van der Waals surface area (Å²) in [5.41, 5.74) is 14.8. The quantitative estimate of drug-likeness (QED) is 0.385. The van der Waals surface area contributed by atoms with Crippen LogP contribution in [0.5, 0.6) is 5.75 Å². The number of nitrogens with zero attached hydrogens (tertiary/aromatic N) is 3. The van der Waals surface area contributed by atoms with Crippen molar-refractivity contribution in [2.45, 2.75) is 32.1 Å². The van der Waals surface area contributed by atoms with Gasteiger partial charge < -0.3 is 20.1 Å². The first-order valence-corrected chi connectivity index (χ1v) is 16.0. The Morgan fingerprint density at radius 2 is 1.92 bits per heavy atom. The van der Waals surface area contributed by atoms with E-state index in [1.165, 1.54) is 36.9 Å². The fourth-order valence-electron chi connectivity index (χ4n) is 5.74. The number of ether oxygens (including phenoxy) is 1. The molecule has 1 atom stereocenters. The molecule has 198 valence electrons. The van der Waals surface area contributed by atoms with Gasteiger partial charge in [0.1, 0.15) is 11.6 Å². The lowest BCUT2D eigenvalue weighted by atomic mass is 9.86. The summed E-state index contributed by atoms with van der Waals surface area (Å²) in [5, 5.41) is 0. The van der Waals surface area contributed by atoms with Crippen molar-refractivity contribution in [1.29, 1.82) is 0 Å². The van der Waals surface area contributed by atoms with Gasteiger partial charge in [-0.1, -0.05) is 46.8 Å². The highest BCUT2D eigenvalue weighted by atomic mass is 32.3. The van der Waals surface area contributed by atoms with Crippen molar-refractivity contribution in [3.05, 3.63) is 83.6 Å². The number of likely N-dealkylation sites (tertiary alicyclic amines) is 1. The number of pyridine rings is 1. The Morgan fingerprint density at radius 1 is 1.08 bits per heavy atom. The number of fused-ring (bicyclic) bond motifs is 1. The van der Waals surface area contributed by atoms with Gasteiger partial charge in [-0.15, -0.1) is 0 Å². The molecule has 6 rings (SSSR count). The third kappa shape index (κ3) is 5.12. The van der Waals surface area contributed by atoms with E-state index in [4.69, 9.17) is 14.9 Å². The molecule has 3 aromatic rings. The molecule has 1 saturated heterocycles. The Hall–Kier alpha value is -3.45. The fourth-order valence-corrected chi connectivity index (χ4v) is 7.08. The Kier molecular flexibility index (Phi) is 6.78. The second-order valence-electron chi connectivity index (χ2n) is 10.9. The van der Waals surface area contributed by atoms with Gasteiger partial charge in [-0.05, 0) is 61.9 Å². The minimum Gasteiger partial charge on any atom is -0.492 e. The number of nitrogens with two attached hydrogens (primary N) is 1. The molecule has 0 bridgehead atoms. The molecule has 2 fully saturated rings. The Labute approximate surface area is 227 Å². The van der Waals surface area contributed by atoms with E-state index in [9.17, 15) is 0 Å². The van der Waals surface area contributed by atoms with Crippen LogP contribution < -0.4 is 15.2 Å².